The highest BCUT2D eigenvalue weighted by atomic mass is 32.2. The number of amides is 1. The Labute approximate surface area is 172 Å². The van der Waals surface area contributed by atoms with Crippen molar-refractivity contribution in [1.82, 2.24) is 9.55 Å². The van der Waals surface area contributed by atoms with E-state index in [1.54, 1.807) is 42.5 Å². The fraction of sp³-hybridized carbons (Fsp3) is 0.238. The van der Waals surface area contributed by atoms with Gasteiger partial charge in [0.05, 0.1) is 29.1 Å². The molecule has 2 N–H and O–H groups in total. The molecule has 0 saturated heterocycles. The van der Waals surface area contributed by atoms with Crippen LogP contribution in [0, 0.1) is 11.3 Å². The molecule has 3 aromatic rings. The largest absolute Gasteiger partial charge is 0.396 e. The van der Waals surface area contributed by atoms with Crippen molar-refractivity contribution in [2.24, 2.45) is 0 Å². The van der Waals surface area contributed by atoms with Crippen LogP contribution in [0.25, 0.3) is 10.9 Å². The third-order valence-corrected chi connectivity index (χ3v) is 5.20. The van der Waals surface area contributed by atoms with Gasteiger partial charge in [0.2, 0.25) is 5.91 Å². The van der Waals surface area contributed by atoms with E-state index in [2.05, 4.69) is 16.4 Å². The van der Waals surface area contributed by atoms with Gasteiger partial charge in [0.25, 0.3) is 5.56 Å². The zero-order valence-corrected chi connectivity index (χ0v) is 16.5. The summed E-state index contributed by atoms with van der Waals surface area (Å²) >= 11 is 1.18. The monoisotopic (exact) mass is 408 g/mol. The fourth-order valence-electron chi connectivity index (χ4n) is 2.81. The molecule has 148 valence electrons. The van der Waals surface area contributed by atoms with Crippen LogP contribution in [0.2, 0.25) is 0 Å². The quantitative estimate of drug-likeness (QED) is 0.438. The summed E-state index contributed by atoms with van der Waals surface area (Å²) in [6.45, 7) is 0.295. The van der Waals surface area contributed by atoms with Gasteiger partial charge in [-0.1, -0.05) is 36.0 Å². The van der Waals surface area contributed by atoms with Gasteiger partial charge in [-0.05, 0) is 36.2 Å². The number of carbonyl (C=O) groups is 1. The van der Waals surface area contributed by atoms with E-state index in [-0.39, 0.29) is 23.8 Å². The molecule has 7 nitrogen and oxygen atoms in total. The Kier molecular flexibility index (Phi) is 7.00. The zero-order valence-electron chi connectivity index (χ0n) is 15.7. The number of benzene rings is 2. The molecule has 0 fully saturated rings. The van der Waals surface area contributed by atoms with Gasteiger partial charge >= 0.3 is 0 Å². The molecule has 2 aromatic carbocycles. The number of carbonyl (C=O) groups excluding carboxylic acids is 1. The summed E-state index contributed by atoms with van der Waals surface area (Å²) in [5.74, 6) is -0.136. The summed E-state index contributed by atoms with van der Waals surface area (Å²) in [5.41, 5.74) is 1.92. The molecule has 0 spiro atoms. The fourth-order valence-corrected chi connectivity index (χ4v) is 3.63. The van der Waals surface area contributed by atoms with Crippen LogP contribution in [-0.2, 0) is 17.8 Å². The van der Waals surface area contributed by atoms with Gasteiger partial charge in [0.15, 0.2) is 5.16 Å². The predicted octanol–water partition coefficient (Wildman–Crippen LogP) is 2.58. The summed E-state index contributed by atoms with van der Waals surface area (Å²) in [6.07, 6.45) is 0.748. The van der Waals surface area contributed by atoms with Gasteiger partial charge in [-0.25, -0.2) is 4.98 Å². The minimum atomic E-state index is -0.223. The lowest BCUT2D eigenvalue weighted by Crippen LogP contribution is -2.24. The molecule has 0 saturated carbocycles. The van der Waals surface area contributed by atoms with Crippen LogP contribution in [0.5, 0.6) is 0 Å². The minimum absolute atomic E-state index is 0.0361. The van der Waals surface area contributed by atoms with Crippen molar-refractivity contribution in [1.29, 1.82) is 5.26 Å². The van der Waals surface area contributed by atoms with Gasteiger partial charge in [-0.15, -0.1) is 0 Å². The standard InChI is InChI=1S/C21H20N4O3S/c22-11-10-15-6-8-16(9-7-15)23-19(27)14-29-21-24-18-5-2-1-4-17(18)20(28)25(21)12-3-13-26/h1-2,4-9,26H,3,10,12-14H2,(H,23,27). The number of hydrogen-bond acceptors (Lipinski definition) is 6. The third-order valence-electron chi connectivity index (χ3n) is 4.22. The van der Waals surface area contributed by atoms with E-state index >= 15 is 0 Å². The van der Waals surface area contributed by atoms with Gasteiger partial charge in [-0.3, -0.25) is 14.2 Å². The van der Waals surface area contributed by atoms with E-state index in [1.165, 1.54) is 16.3 Å². The molecule has 0 aliphatic carbocycles. The number of para-hydroxylation sites is 1. The van der Waals surface area contributed by atoms with Crippen molar-refractivity contribution in [3.63, 3.8) is 0 Å². The number of nitriles is 1. The second kappa shape index (κ2) is 9.87. The second-order valence-electron chi connectivity index (χ2n) is 6.31. The van der Waals surface area contributed by atoms with Crippen molar-refractivity contribution >= 4 is 34.3 Å². The highest BCUT2D eigenvalue weighted by molar-refractivity contribution is 7.99. The Hall–Kier alpha value is -3.15. The van der Waals surface area contributed by atoms with E-state index in [1.807, 2.05) is 6.07 Å². The predicted molar refractivity (Wildman–Crippen MR) is 113 cm³/mol. The summed E-state index contributed by atoms with van der Waals surface area (Å²) in [6, 6.07) is 16.2. The summed E-state index contributed by atoms with van der Waals surface area (Å²) in [5, 5.41) is 21.6. The molecule has 0 radical (unpaired) electrons. The Morgan fingerprint density at radius 3 is 2.69 bits per heavy atom. The lowest BCUT2D eigenvalue weighted by Gasteiger charge is -2.12. The average Bonchev–Trinajstić information content (AvgIpc) is 2.73. The number of anilines is 1. The molecule has 1 amide bonds. The molecular weight excluding hydrogens is 388 g/mol. The van der Waals surface area contributed by atoms with E-state index < -0.39 is 0 Å². The maximum absolute atomic E-state index is 12.8. The van der Waals surface area contributed by atoms with E-state index in [4.69, 9.17) is 10.4 Å². The average molecular weight is 408 g/mol. The van der Waals surface area contributed by atoms with Crippen LogP contribution >= 0.6 is 11.8 Å². The number of nitrogens with zero attached hydrogens (tertiary/aromatic N) is 3. The van der Waals surface area contributed by atoms with E-state index in [9.17, 15) is 9.59 Å². The molecule has 0 bridgehead atoms. The van der Waals surface area contributed by atoms with Crippen LogP contribution in [-0.4, -0.2) is 32.9 Å². The van der Waals surface area contributed by atoms with Crippen molar-refractivity contribution < 1.29 is 9.90 Å². The number of fused-ring (bicyclic) bond motifs is 1. The highest BCUT2D eigenvalue weighted by Gasteiger charge is 2.13. The molecule has 0 aliphatic rings. The topological polar surface area (TPSA) is 108 Å². The van der Waals surface area contributed by atoms with Crippen molar-refractivity contribution in [3.8, 4) is 6.07 Å². The maximum Gasteiger partial charge on any atom is 0.262 e. The molecule has 0 atom stereocenters. The van der Waals surface area contributed by atoms with Gasteiger partial charge in [0, 0.05) is 18.8 Å². The van der Waals surface area contributed by atoms with Crippen molar-refractivity contribution in [3.05, 3.63) is 64.4 Å². The first-order valence-corrected chi connectivity index (χ1v) is 10.1. The van der Waals surface area contributed by atoms with Crippen LogP contribution in [0.1, 0.15) is 12.0 Å². The molecule has 1 heterocycles. The number of rotatable bonds is 8. The lowest BCUT2D eigenvalue weighted by molar-refractivity contribution is -0.113. The maximum atomic E-state index is 12.8. The first-order valence-electron chi connectivity index (χ1n) is 9.11. The number of thioether (sulfide) groups is 1. The Morgan fingerprint density at radius 2 is 1.97 bits per heavy atom. The normalized spacial score (nSPS) is 10.6. The Balaban J connectivity index is 1.74. The summed E-state index contributed by atoms with van der Waals surface area (Å²) in [4.78, 5) is 29.6. The number of aromatic nitrogens is 2. The Morgan fingerprint density at radius 1 is 1.21 bits per heavy atom. The zero-order chi connectivity index (χ0) is 20.6. The third kappa shape index (κ3) is 5.22. The number of hydrogen-bond donors (Lipinski definition) is 2. The molecule has 29 heavy (non-hydrogen) atoms. The molecule has 0 unspecified atom stereocenters. The van der Waals surface area contributed by atoms with Crippen molar-refractivity contribution in [2.45, 2.75) is 24.5 Å². The Bertz CT molecular complexity index is 1100. The van der Waals surface area contributed by atoms with Gasteiger partial charge in [-0.2, -0.15) is 5.26 Å². The molecule has 0 aliphatic heterocycles. The first-order chi connectivity index (χ1) is 14.1. The minimum Gasteiger partial charge on any atom is -0.396 e. The number of aliphatic hydroxyl groups is 1. The number of nitrogens with one attached hydrogen (secondary N) is 1. The highest BCUT2D eigenvalue weighted by Crippen LogP contribution is 2.19. The van der Waals surface area contributed by atoms with Gasteiger partial charge < -0.3 is 10.4 Å². The molecule has 3 rings (SSSR count). The summed E-state index contributed by atoms with van der Waals surface area (Å²) < 4.78 is 1.51. The summed E-state index contributed by atoms with van der Waals surface area (Å²) in [7, 11) is 0. The SMILES string of the molecule is N#CCc1ccc(NC(=O)CSc2nc3ccccc3c(=O)n2CCCO)cc1. The first kappa shape index (κ1) is 20.6. The van der Waals surface area contributed by atoms with E-state index in [0.717, 1.165) is 5.56 Å². The smallest absolute Gasteiger partial charge is 0.262 e. The van der Waals surface area contributed by atoms with Crippen molar-refractivity contribution in [2.75, 3.05) is 17.7 Å². The molecular formula is C21H20N4O3S. The molecule has 1 aromatic heterocycles. The van der Waals surface area contributed by atoms with Crippen LogP contribution < -0.4 is 10.9 Å². The number of aliphatic hydroxyl groups excluding tert-OH is 1. The second-order valence-corrected chi connectivity index (χ2v) is 7.26. The van der Waals surface area contributed by atoms with Crippen LogP contribution in [0.4, 0.5) is 5.69 Å². The lowest BCUT2D eigenvalue weighted by atomic mass is 10.1. The van der Waals surface area contributed by atoms with Gasteiger partial charge in [0.1, 0.15) is 0 Å². The van der Waals surface area contributed by atoms with Crippen LogP contribution in [0.15, 0.2) is 58.5 Å². The van der Waals surface area contributed by atoms with E-state index in [0.29, 0.717) is 41.1 Å². The molecule has 8 heteroatoms. The van der Waals surface area contributed by atoms with Crippen LogP contribution in [0.3, 0.4) is 0 Å².